The van der Waals surface area contributed by atoms with Crippen LogP contribution in [0.15, 0.2) is 5.11 Å². The Morgan fingerprint density at radius 1 is 1.37 bits per heavy atom. The van der Waals surface area contributed by atoms with Gasteiger partial charge in [-0.15, -0.1) is 0 Å². The number of azide groups is 1. The van der Waals surface area contributed by atoms with Gasteiger partial charge in [0, 0.05) is 18.0 Å². The van der Waals surface area contributed by atoms with Crippen LogP contribution in [-0.2, 0) is 0 Å². The fourth-order valence-corrected chi connectivity index (χ4v) is 2.95. The van der Waals surface area contributed by atoms with E-state index < -0.39 is 0 Å². The maximum absolute atomic E-state index is 9.24. The van der Waals surface area contributed by atoms with Crippen LogP contribution in [0, 0.1) is 28.6 Å². The number of nitriles is 1. The predicted octanol–water partition coefficient (Wildman–Crippen LogP) is 3.63. The number of nitrogens with zero attached hydrogens (tertiary/aromatic N) is 4. The quantitative estimate of drug-likeness (QED) is 0.355. The molecule has 0 aromatic heterocycles. The van der Waals surface area contributed by atoms with Crippen molar-refractivity contribution in [1.29, 1.82) is 5.26 Å². The monoisotopic (exact) mass is 263 g/mol. The van der Waals surface area contributed by atoms with Crippen LogP contribution in [-0.4, -0.2) is 19.1 Å². The lowest BCUT2D eigenvalue weighted by Crippen LogP contribution is -2.39. The first kappa shape index (κ1) is 15.8. The van der Waals surface area contributed by atoms with Crippen molar-refractivity contribution < 1.29 is 0 Å². The Morgan fingerprint density at radius 3 is 2.47 bits per heavy atom. The van der Waals surface area contributed by atoms with Crippen molar-refractivity contribution >= 4 is 0 Å². The maximum atomic E-state index is 9.24. The topological polar surface area (TPSA) is 84.6 Å². The lowest BCUT2D eigenvalue weighted by Gasteiger charge is -2.38. The van der Waals surface area contributed by atoms with Gasteiger partial charge in [-0.3, -0.25) is 0 Å². The van der Waals surface area contributed by atoms with Gasteiger partial charge in [0.05, 0.1) is 12.1 Å². The third kappa shape index (κ3) is 5.10. The molecule has 0 spiro atoms. The van der Waals surface area contributed by atoms with Gasteiger partial charge in [-0.25, -0.2) is 0 Å². The maximum Gasteiger partial charge on any atom is 0.0981 e. The van der Waals surface area contributed by atoms with Crippen LogP contribution in [0.2, 0.25) is 0 Å². The molecule has 1 saturated carbocycles. The fraction of sp³-hybridized carbons (Fsp3) is 0.929. The highest BCUT2D eigenvalue weighted by molar-refractivity contribution is 4.97. The normalized spacial score (nSPS) is 25.2. The van der Waals surface area contributed by atoms with E-state index in [0.29, 0.717) is 24.4 Å². The molecule has 0 bridgehead atoms. The van der Waals surface area contributed by atoms with Crippen molar-refractivity contribution in [3.8, 4) is 6.07 Å². The molecule has 1 aliphatic rings. The Labute approximate surface area is 116 Å². The second-order valence-electron chi connectivity index (χ2n) is 6.49. The van der Waals surface area contributed by atoms with E-state index >= 15 is 0 Å². The molecule has 1 N–H and O–H groups in total. The third-order valence-electron chi connectivity index (χ3n) is 4.25. The molecule has 0 radical (unpaired) electrons. The molecule has 1 rings (SSSR count). The zero-order valence-corrected chi connectivity index (χ0v) is 12.3. The molecule has 0 aromatic carbocycles. The van der Waals surface area contributed by atoms with Gasteiger partial charge in [-0.05, 0) is 48.5 Å². The predicted molar refractivity (Wildman–Crippen MR) is 76.3 cm³/mol. The summed E-state index contributed by atoms with van der Waals surface area (Å²) in [5.74, 6) is 1.21. The van der Waals surface area contributed by atoms with Gasteiger partial charge in [-0.2, -0.15) is 5.26 Å². The number of hydrogen-bond acceptors (Lipinski definition) is 3. The van der Waals surface area contributed by atoms with Gasteiger partial charge in [0.2, 0.25) is 0 Å². The number of rotatable bonds is 5. The van der Waals surface area contributed by atoms with Crippen LogP contribution in [0.3, 0.4) is 0 Å². The van der Waals surface area contributed by atoms with Crippen LogP contribution in [0.25, 0.3) is 10.4 Å². The summed E-state index contributed by atoms with van der Waals surface area (Å²) in [6, 6.07) is 2.25. The molecule has 0 aromatic rings. The zero-order valence-electron chi connectivity index (χ0n) is 12.3. The highest BCUT2D eigenvalue weighted by Gasteiger charge is 2.32. The van der Waals surface area contributed by atoms with Crippen molar-refractivity contribution in [2.75, 3.05) is 13.1 Å². The molecule has 1 unspecified atom stereocenters. The van der Waals surface area contributed by atoms with Crippen LogP contribution < -0.4 is 5.32 Å². The summed E-state index contributed by atoms with van der Waals surface area (Å²) in [6.45, 7) is 7.90. The van der Waals surface area contributed by atoms with Crippen LogP contribution in [0.4, 0.5) is 0 Å². The minimum absolute atomic E-state index is 0.102. The van der Waals surface area contributed by atoms with Crippen molar-refractivity contribution in [2.45, 2.75) is 52.5 Å². The molecule has 5 heteroatoms. The summed E-state index contributed by atoms with van der Waals surface area (Å²) in [5.41, 5.74) is 8.59. The van der Waals surface area contributed by atoms with E-state index in [1.165, 1.54) is 12.8 Å². The molecule has 1 fully saturated rings. The van der Waals surface area contributed by atoms with E-state index in [1.807, 2.05) is 0 Å². The second-order valence-corrected chi connectivity index (χ2v) is 6.49. The van der Waals surface area contributed by atoms with Gasteiger partial charge in [0.25, 0.3) is 0 Å². The third-order valence-corrected chi connectivity index (χ3v) is 4.25. The van der Waals surface area contributed by atoms with E-state index in [4.69, 9.17) is 5.53 Å². The van der Waals surface area contributed by atoms with Gasteiger partial charge in [-0.1, -0.05) is 25.9 Å². The molecule has 0 amide bonds. The van der Waals surface area contributed by atoms with E-state index in [-0.39, 0.29) is 6.04 Å². The molecular weight excluding hydrogens is 238 g/mol. The zero-order chi connectivity index (χ0) is 14.3. The first-order chi connectivity index (χ1) is 8.99. The summed E-state index contributed by atoms with van der Waals surface area (Å²) in [4.78, 5) is 2.71. The summed E-state index contributed by atoms with van der Waals surface area (Å²) >= 11 is 0. The SMILES string of the molecule is CC(C)(C)C1CCC(C(C#N)NCCN=[N+]=[N-])CC1. The van der Waals surface area contributed by atoms with Crippen LogP contribution in [0.5, 0.6) is 0 Å². The summed E-state index contributed by atoms with van der Waals surface area (Å²) in [5, 5.41) is 15.9. The average Bonchev–Trinajstić information content (AvgIpc) is 2.38. The Hall–Kier alpha value is -1.24. The molecule has 1 atom stereocenters. The Kier molecular flexibility index (Phi) is 6.14. The van der Waals surface area contributed by atoms with E-state index in [1.54, 1.807) is 0 Å². The first-order valence-corrected chi connectivity index (χ1v) is 7.13. The standard InChI is InChI=1S/C14H25N5/c1-14(2,3)12-6-4-11(5-7-12)13(10-15)17-8-9-18-19-16/h11-13,17H,4-9H2,1-3H3. The van der Waals surface area contributed by atoms with Gasteiger partial charge in [0.1, 0.15) is 0 Å². The van der Waals surface area contributed by atoms with Gasteiger partial charge >= 0.3 is 0 Å². The largest absolute Gasteiger partial charge is 0.302 e. The second kappa shape index (κ2) is 7.37. The highest BCUT2D eigenvalue weighted by Crippen LogP contribution is 2.40. The molecule has 106 valence electrons. The minimum Gasteiger partial charge on any atom is -0.302 e. The summed E-state index contributed by atoms with van der Waals surface area (Å²) in [6.07, 6.45) is 4.66. The van der Waals surface area contributed by atoms with Crippen molar-refractivity contribution in [3.05, 3.63) is 10.4 Å². The van der Waals surface area contributed by atoms with Crippen LogP contribution >= 0.6 is 0 Å². The number of nitrogens with one attached hydrogen (secondary N) is 1. The van der Waals surface area contributed by atoms with Crippen molar-refractivity contribution in [1.82, 2.24) is 5.32 Å². The Morgan fingerprint density at radius 2 is 2.00 bits per heavy atom. The van der Waals surface area contributed by atoms with Crippen LogP contribution in [0.1, 0.15) is 46.5 Å². The van der Waals surface area contributed by atoms with E-state index in [0.717, 1.165) is 18.8 Å². The van der Waals surface area contributed by atoms with E-state index in [9.17, 15) is 5.26 Å². The lowest BCUT2D eigenvalue weighted by atomic mass is 9.68. The summed E-state index contributed by atoms with van der Waals surface area (Å²) in [7, 11) is 0. The lowest BCUT2D eigenvalue weighted by molar-refractivity contribution is 0.141. The molecule has 0 heterocycles. The molecule has 0 aliphatic heterocycles. The molecule has 1 aliphatic carbocycles. The summed E-state index contributed by atoms with van der Waals surface area (Å²) < 4.78 is 0. The number of hydrogen-bond donors (Lipinski definition) is 1. The Bertz CT molecular complexity index is 351. The average molecular weight is 263 g/mol. The van der Waals surface area contributed by atoms with Crippen molar-refractivity contribution in [2.24, 2.45) is 22.4 Å². The molecular formula is C14H25N5. The highest BCUT2D eigenvalue weighted by atomic mass is 15.1. The van der Waals surface area contributed by atoms with Crippen molar-refractivity contribution in [3.63, 3.8) is 0 Å². The van der Waals surface area contributed by atoms with Gasteiger partial charge in [0.15, 0.2) is 0 Å². The van der Waals surface area contributed by atoms with Gasteiger partial charge < -0.3 is 5.32 Å². The molecule has 5 nitrogen and oxygen atoms in total. The molecule has 0 saturated heterocycles. The molecule has 19 heavy (non-hydrogen) atoms. The Balaban J connectivity index is 2.39. The first-order valence-electron chi connectivity index (χ1n) is 7.13. The minimum atomic E-state index is -0.102. The van der Waals surface area contributed by atoms with E-state index in [2.05, 4.69) is 42.2 Å². The fourth-order valence-electron chi connectivity index (χ4n) is 2.95. The smallest absolute Gasteiger partial charge is 0.0981 e.